The Labute approximate surface area is 211 Å². The summed E-state index contributed by atoms with van der Waals surface area (Å²) < 4.78 is 18.4. The van der Waals surface area contributed by atoms with Crippen LogP contribution in [0.5, 0.6) is 0 Å². The largest absolute Gasteiger partial charge is 0.380 e. The Morgan fingerprint density at radius 2 is 1.68 bits per heavy atom. The lowest BCUT2D eigenvalue weighted by atomic mass is 9.62. The molecule has 3 saturated carbocycles. The van der Waals surface area contributed by atoms with Gasteiger partial charge in [0.05, 0.1) is 18.3 Å². The summed E-state index contributed by atoms with van der Waals surface area (Å²) in [5.41, 5.74) is 3.96. The van der Waals surface area contributed by atoms with Crippen LogP contribution in [0.3, 0.4) is 0 Å². The van der Waals surface area contributed by atoms with E-state index in [0.29, 0.717) is 28.8 Å². The molecular formula is C31H54O3. The van der Waals surface area contributed by atoms with Crippen molar-refractivity contribution in [2.45, 2.75) is 125 Å². The number of hydrogen-bond donors (Lipinski definition) is 0. The third-order valence-electron chi connectivity index (χ3n) is 10.1. The van der Waals surface area contributed by atoms with Gasteiger partial charge in [0.2, 0.25) is 0 Å². The second-order valence-corrected chi connectivity index (χ2v) is 13.3. The normalized spacial score (nSPS) is 38.7. The summed E-state index contributed by atoms with van der Waals surface area (Å²) in [5, 5.41) is 0. The predicted octanol–water partition coefficient (Wildman–Crippen LogP) is 8.14. The quantitative estimate of drug-likeness (QED) is 0.355. The van der Waals surface area contributed by atoms with E-state index in [1.807, 2.05) is 14.2 Å². The molecule has 0 aromatic carbocycles. The number of allylic oxidation sites excluding steroid dienone is 3. The average molecular weight is 475 g/mol. The van der Waals surface area contributed by atoms with Crippen molar-refractivity contribution in [3.63, 3.8) is 0 Å². The third-order valence-corrected chi connectivity index (χ3v) is 10.1. The maximum atomic E-state index is 6.43. The molecule has 0 aliphatic heterocycles. The van der Waals surface area contributed by atoms with Crippen LogP contribution >= 0.6 is 0 Å². The number of rotatable bonds is 8. The second kappa shape index (κ2) is 11.2. The topological polar surface area (TPSA) is 27.7 Å². The first-order valence-electron chi connectivity index (χ1n) is 14.0. The zero-order valence-corrected chi connectivity index (χ0v) is 23.8. The van der Waals surface area contributed by atoms with Gasteiger partial charge in [0.15, 0.2) is 0 Å². The fourth-order valence-corrected chi connectivity index (χ4v) is 7.47. The Balaban J connectivity index is 1.72. The van der Waals surface area contributed by atoms with E-state index in [1.54, 1.807) is 5.57 Å². The van der Waals surface area contributed by atoms with Gasteiger partial charge in [0, 0.05) is 26.2 Å². The van der Waals surface area contributed by atoms with Crippen LogP contribution in [0.1, 0.15) is 106 Å². The van der Waals surface area contributed by atoms with E-state index >= 15 is 0 Å². The molecule has 0 aromatic heterocycles. The van der Waals surface area contributed by atoms with Crippen molar-refractivity contribution >= 4 is 0 Å². The van der Waals surface area contributed by atoms with Gasteiger partial charge in [0.25, 0.3) is 0 Å². The summed E-state index contributed by atoms with van der Waals surface area (Å²) in [4.78, 5) is 0. The molecular weight excluding hydrogens is 420 g/mol. The predicted molar refractivity (Wildman–Crippen MR) is 143 cm³/mol. The fourth-order valence-electron chi connectivity index (χ4n) is 7.47. The molecule has 0 heterocycles. The second-order valence-electron chi connectivity index (χ2n) is 13.3. The first-order chi connectivity index (χ1) is 16.0. The van der Waals surface area contributed by atoms with Gasteiger partial charge in [-0.3, -0.25) is 0 Å². The van der Waals surface area contributed by atoms with Gasteiger partial charge in [0.1, 0.15) is 0 Å². The highest BCUT2D eigenvalue weighted by molar-refractivity contribution is 5.27. The minimum Gasteiger partial charge on any atom is -0.380 e. The van der Waals surface area contributed by atoms with Crippen LogP contribution in [0.25, 0.3) is 0 Å². The minimum absolute atomic E-state index is 0.0825. The highest BCUT2D eigenvalue weighted by Crippen LogP contribution is 2.58. The lowest BCUT2D eigenvalue weighted by molar-refractivity contribution is -0.109. The Kier molecular flexibility index (Phi) is 9.18. The molecule has 3 aliphatic carbocycles. The fraction of sp³-hybridized carbons (Fsp3) is 0.871. The Hall–Kier alpha value is -0.640. The highest BCUT2D eigenvalue weighted by atomic mass is 16.5. The van der Waals surface area contributed by atoms with E-state index in [4.69, 9.17) is 14.2 Å². The molecule has 3 heteroatoms. The molecule has 196 valence electrons. The molecule has 0 aromatic rings. The van der Waals surface area contributed by atoms with Gasteiger partial charge in [-0.1, -0.05) is 64.8 Å². The molecule has 0 saturated heterocycles. The lowest BCUT2D eigenvalue weighted by Crippen LogP contribution is -2.48. The van der Waals surface area contributed by atoms with E-state index < -0.39 is 0 Å². The molecule has 3 rings (SSSR count). The van der Waals surface area contributed by atoms with Gasteiger partial charge in [-0.15, -0.1) is 0 Å². The number of fused-ring (bicyclic) bond motifs is 1. The number of ether oxygens (including phenoxy) is 3. The summed E-state index contributed by atoms with van der Waals surface area (Å²) in [7, 11) is 3.73. The van der Waals surface area contributed by atoms with Crippen molar-refractivity contribution in [1.82, 2.24) is 0 Å². The standard InChI is InChI=1S/C31H54O3/c1-10-30(6)27(32-8)20-23(21-28(30)33-9)13-14-24-12-11-17-31(7)25(15-16-26(24)31)22(2)34-19-18-29(3,4)5/h13-14,22,25-28H,10-12,15-21H2,1-9H3. The van der Waals surface area contributed by atoms with Crippen LogP contribution in [-0.4, -0.2) is 39.1 Å². The third kappa shape index (κ3) is 5.84. The number of methoxy groups -OCH3 is 2. The van der Waals surface area contributed by atoms with Crippen LogP contribution < -0.4 is 0 Å². The molecule has 6 unspecified atom stereocenters. The van der Waals surface area contributed by atoms with E-state index in [2.05, 4.69) is 60.6 Å². The Morgan fingerprint density at radius 1 is 1.03 bits per heavy atom. The first-order valence-corrected chi connectivity index (χ1v) is 14.0. The van der Waals surface area contributed by atoms with Gasteiger partial charge >= 0.3 is 0 Å². The van der Waals surface area contributed by atoms with Gasteiger partial charge < -0.3 is 14.2 Å². The van der Waals surface area contributed by atoms with Crippen molar-refractivity contribution in [2.24, 2.45) is 28.1 Å². The summed E-state index contributed by atoms with van der Waals surface area (Å²) in [5.74, 6) is 1.38. The van der Waals surface area contributed by atoms with Crippen LogP contribution in [0.15, 0.2) is 23.3 Å². The summed E-state index contributed by atoms with van der Waals surface area (Å²) >= 11 is 0. The highest BCUT2D eigenvalue weighted by Gasteiger charge is 2.51. The zero-order valence-electron chi connectivity index (χ0n) is 23.8. The monoisotopic (exact) mass is 474 g/mol. The maximum absolute atomic E-state index is 6.43. The summed E-state index contributed by atoms with van der Waals surface area (Å²) in [6, 6.07) is 0. The molecule has 0 radical (unpaired) electrons. The summed E-state index contributed by atoms with van der Waals surface area (Å²) in [6.45, 7) is 17.3. The molecule has 0 N–H and O–H groups in total. The molecule has 6 atom stereocenters. The van der Waals surface area contributed by atoms with Crippen molar-refractivity contribution < 1.29 is 14.2 Å². The maximum Gasteiger partial charge on any atom is 0.0686 e. The molecule has 0 spiro atoms. The van der Waals surface area contributed by atoms with Gasteiger partial charge in [-0.25, -0.2) is 0 Å². The molecule has 0 bridgehead atoms. The number of hydrogen-bond acceptors (Lipinski definition) is 3. The first kappa shape index (κ1) is 27.9. The van der Waals surface area contributed by atoms with E-state index in [0.717, 1.165) is 32.3 Å². The Morgan fingerprint density at radius 3 is 2.24 bits per heavy atom. The van der Waals surface area contributed by atoms with Gasteiger partial charge in [-0.2, -0.15) is 0 Å². The van der Waals surface area contributed by atoms with Crippen molar-refractivity contribution in [3.05, 3.63) is 23.3 Å². The van der Waals surface area contributed by atoms with Crippen LogP contribution in [-0.2, 0) is 14.2 Å². The van der Waals surface area contributed by atoms with Crippen molar-refractivity contribution in [1.29, 1.82) is 0 Å². The van der Waals surface area contributed by atoms with Crippen molar-refractivity contribution in [2.75, 3.05) is 20.8 Å². The zero-order chi connectivity index (χ0) is 25.1. The van der Waals surface area contributed by atoms with Crippen LogP contribution in [0, 0.1) is 28.1 Å². The van der Waals surface area contributed by atoms with Gasteiger partial charge in [-0.05, 0) is 87.4 Å². The van der Waals surface area contributed by atoms with Crippen molar-refractivity contribution in [3.8, 4) is 0 Å². The molecule has 34 heavy (non-hydrogen) atoms. The van der Waals surface area contributed by atoms with Crippen LogP contribution in [0.2, 0.25) is 0 Å². The molecule has 3 nitrogen and oxygen atoms in total. The summed E-state index contributed by atoms with van der Waals surface area (Å²) in [6.07, 6.45) is 16.5. The SMILES string of the molecule is CCC1(C)C(OC)CC(=CC=C2CCCC3(C)C2CCC3C(C)OCCC(C)(C)C)CC1OC. The molecule has 0 amide bonds. The molecule has 3 aliphatic rings. The minimum atomic E-state index is 0.0825. The smallest absolute Gasteiger partial charge is 0.0686 e. The Bertz CT molecular complexity index is 713. The average Bonchev–Trinajstić information content (AvgIpc) is 3.14. The lowest BCUT2D eigenvalue weighted by Gasteiger charge is -2.46. The van der Waals surface area contributed by atoms with E-state index in [9.17, 15) is 0 Å². The van der Waals surface area contributed by atoms with Crippen LogP contribution in [0.4, 0.5) is 0 Å². The van der Waals surface area contributed by atoms with E-state index in [-0.39, 0.29) is 17.6 Å². The molecule has 3 fully saturated rings. The van der Waals surface area contributed by atoms with E-state index in [1.165, 1.54) is 37.7 Å².